The average Bonchev–Trinajstić information content (AvgIpc) is 2.50. The van der Waals surface area contributed by atoms with E-state index >= 15 is 0 Å². The van der Waals surface area contributed by atoms with Gasteiger partial charge in [0.15, 0.2) is 0 Å². The van der Waals surface area contributed by atoms with Crippen LogP contribution in [0.5, 0.6) is 0 Å². The van der Waals surface area contributed by atoms with Crippen LogP contribution in [0.3, 0.4) is 0 Å². The van der Waals surface area contributed by atoms with Crippen molar-refractivity contribution in [3.05, 3.63) is 17.0 Å². The normalized spacial score (nSPS) is 12.4. The zero-order chi connectivity index (χ0) is 12.1. The van der Waals surface area contributed by atoms with Gasteiger partial charge in [-0.15, -0.1) is 6.42 Å². The lowest BCUT2D eigenvalue weighted by Gasteiger charge is -2.12. The monoisotopic (exact) mass is 219 g/mol. The summed E-state index contributed by atoms with van der Waals surface area (Å²) in [6, 6.07) is 0.113. The molecule has 0 aliphatic heterocycles. The Bertz CT molecular complexity index is 385. The minimum absolute atomic E-state index is 0.113. The number of aromatic nitrogens is 2. The molecule has 88 valence electrons. The number of aryl methyl sites for hydroxylation is 2. The minimum Gasteiger partial charge on any atom is -0.303 e. The molecule has 3 heteroatoms. The standard InChI is InChI=1S/C13H21N3/c1-6-8-14-12(7-2)9-13-10(3)15-16(5)11(13)4/h2,12,14H,6,8-9H2,1,3-5H3. The third kappa shape index (κ3) is 2.86. The Balaban J connectivity index is 2.74. The van der Waals surface area contributed by atoms with E-state index in [1.807, 2.05) is 18.7 Å². The van der Waals surface area contributed by atoms with Crippen LogP contribution in [0, 0.1) is 26.2 Å². The van der Waals surface area contributed by atoms with Crippen molar-refractivity contribution in [1.29, 1.82) is 0 Å². The van der Waals surface area contributed by atoms with E-state index in [1.165, 1.54) is 11.3 Å². The van der Waals surface area contributed by atoms with Gasteiger partial charge in [0.1, 0.15) is 0 Å². The smallest absolute Gasteiger partial charge is 0.0729 e. The van der Waals surface area contributed by atoms with Crippen LogP contribution in [-0.4, -0.2) is 22.4 Å². The van der Waals surface area contributed by atoms with Crippen LogP contribution in [-0.2, 0) is 13.5 Å². The average molecular weight is 219 g/mol. The van der Waals surface area contributed by atoms with Gasteiger partial charge in [-0.25, -0.2) is 0 Å². The summed E-state index contributed by atoms with van der Waals surface area (Å²) in [5.41, 5.74) is 3.56. The molecular formula is C13H21N3. The third-order valence-electron chi connectivity index (χ3n) is 2.91. The molecule has 1 aromatic heterocycles. The second kappa shape index (κ2) is 5.72. The molecule has 0 aliphatic carbocycles. The van der Waals surface area contributed by atoms with Gasteiger partial charge in [-0.05, 0) is 32.4 Å². The van der Waals surface area contributed by atoms with Crippen molar-refractivity contribution in [2.75, 3.05) is 6.54 Å². The molecule has 1 atom stereocenters. The fraction of sp³-hybridized carbons (Fsp3) is 0.615. The number of nitrogens with one attached hydrogen (secondary N) is 1. The molecule has 0 saturated heterocycles. The molecule has 1 N–H and O–H groups in total. The molecule has 0 amide bonds. The summed E-state index contributed by atoms with van der Waals surface area (Å²) in [6.07, 6.45) is 7.49. The molecule has 16 heavy (non-hydrogen) atoms. The molecule has 0 radical (unpaired) electrons. The Kier molecular flexibility index (Phi) is 4.57. The molecule has 0 bridgehead atoms. The highest BCUT2D eigenvalue weighted by Gasteiger charge is 2.13. The van der Waals surface area contributed by atoms with Crippen LogP contribution in [0.1, 0.15) is 30.3 Å². The van der Waals surface area contributed by atoms with E-state index in [9.17, 15) is 0 Å². The highest BCUT2D eigenvalue weighted by Crippen LogP contribution is 2.13. The van der Waals surface area contributed by atoms with E-state index < -0.39 is 0 Å². The van der Waals surface area contributed by atoms with E-state index in [-0.39, 0.29) is 6.04 Å². The predicted octanol–water partition coefficient (Wildman–Crippen LogP) is 1.58. The zero-order valence-corrected chi connectivity index (χ0v) is 10.7. The van der Waals surface area contributed by atoms with Crippen LogP contribution in [0.4, 0.5) is 0 Å². The summed E-state index contributed by atoms with van der Waals surface area (Å²) in [7, 11) is 1.97. The topological polar surface area (TPSA) is 29.9 Å². The van der Waals surface area contributed by atoms with E-state index in [1.54, 1.807) is 0 Å². The lowest BCUT2D eigenvalue weighted by atomic mass is 10.0. The van der Waals surface area contributed by atoms with Gasteiger partial charge in [0, 0.05) is 19.2 Å². The van der Waals surface area contributed by atoms with Gasteiger partial charge in [0.05, 0.1) is 11.7 Å². The van der Waals surface area contributed by atoms with Gasteiger partial charge in [0.2, 0.25) is 0 Å². The molecule has 0 aliphatic rings. The molecule has 1 unspecified atom stereocenters. The third-order valence-corrected chi connectivity index (χ3v) is 2.91. The molecule has 1 rings (SSSR count). The summed E-state index contributed by atoms with van der Waals surface area (Å²) in [4.78, 5) is 0. The fourth-order valence-corrected chi connectivity index (χ4v) is 1.83. The van der Waals surface area contributed by atoms with Gasteiger partial charge in [-0.1, -0.05) is 12.8 Å². The summed E-state index contributed by atoms with van der Waals surface area (Å²) in [5, 5.41) is 7.76. The first-order valence-electron chi connectivity index (χ1n) is 5.78. The SMILES string of the molecule is C#CC(Cc1c(C)nn(C)c1C)NCCC. The molecular weight excluding hydrogens is 198 g/mol. The maximum atomic E-state index is 5.53. The summed E-state index contributed by atoms with van der Waals surface area (Å²) < 4.78 is 1.91. The van der Waals surface area contributed by atoms with Gasteiger partial charge in [-0.2, -0.15) is 5.10 Å². The molecule has 0 spiro atoms. The minimum atomic E-state index is 0.113. The van der Waals surface area contributed by atoms with Gasteiger partial charge in [0.25, 0.3) is 0 Å². The Morgan fingerprint density at radius 2 is 2.19 bits per heavy atom. The highest BCUT2D eigenvalue weighted by atomic mass is 15.3. The van der Waals surface area contributed by atoms with Gasteiger partial charge < -0.3 is 5.32 Å². The molecule has 0 saturated carbocycles. The van der Waals surface area contributed by atoms with E-state index in [0.29, 0.717) is 0 Å². The number of terminal acetylenes is 1. The number of rotatable bonds is 5. The Morgan fingerprint density at radius 1 is 1.50 bits per heavy atom. The maximum absolute atomic E-state index is 5.53. The Hall–Kier alpha value is -1.27. The van der Waals surface area contributed by atoms with Crippen LogP contribution >= 0.6 is 0 Å². The van der Waals surface area contributed by atoms with Crippen LogP contribution in [0.25, 0.3) is 0 Å². The lowest BCUT2D eigenvalue weighted by molar-refractivity contribution is 0.595. The fourth-order valence-electron chi connectivity index (χ4n) is 1.83. The van der Waals surface area contributed by atoms with Crippen molar-refractivity contribution in [2.45, 2.75) is 39.7 Å². The van der Waals surface area contributed by atoms with Crippen molar-refractivity contribution in [2.24, 2.45) is 7.05 Å². The van der Waals surface area contributed by atoms with Crippen molar-refractivity contribution >= 4 is 0 Å². The van der Waals surface area contributed by atoms with E-state index in [4.69, 9.17) is 6.42 Å². The number of nitrogens with zero attached hydrogens (tertiary/aromatic N) is 2. The second-order valence-electron chi connectivity index (χ2n) is 4.15. The summed E-state index contributed by atoms with van der Waals surface area (Å²) in [5.74, 6) is 2.80. The van der Waals surface area contributed by atoms with Crippen molar-refractivity contribution in [3.63, 3.8) is 0 Å². The van der Waals surface area contributed by atoms with E-state index in [0.717, 1.165) is 25.1 Å². The van der Waals surface area contributed by atoms with Crippen LogP contribution in [0.2, 0.25) is 0 Å². The second-order valence-corrected chi connectivity index (χ2v) is 4.15. The summed E-state index contributed by atoms with van der Waals surface area (Å²) in [6.45, 7) is 7.23. The first-order valence-corrected chi connectivity index (χ1v) is 5.78. The zero-order valence-electron chi connectivity index (χ0n) is 10.7. The Morgan fingerprint density at radius 3 is 2.62 bits per heavy atom. The van der Waals surface area contributed by atoms with Crippen molar-refractivity contribution in [3.8, 4) is 12.3 Å². The summed E-state index contributed by atoms with van der Waals surface area (Å²) >= 11 is 0. The molecule has 0 fully saturated rings. The largest absolute Gasteiger partial charge is 0.303 e. The van der Waals surface area contributed by atoms with Crippen molar-refractivity contribution < 1.29 is 0 Å². The lowest BCUT2D eigenvalue weighted by Crippen LogP contribution is -2.30. The van der Waals surface area contributed by atoms with Gasteiger partial charge in [-0.3, -0.25) is 4.68 Å². The molecule has 0 aromatic carbocycles. The number of hydrogen-bond donors (Lipinski definition) is 1. The molecule has 1 aromatic rings. The van der Waals surface area contributed by atoms with Crippen molar-refractivity contribution in [1.82, 2.24) is 15.1 Å². The van der Waals surface area contributed by atoms with Crippen LogP contribution < -0.4 is 5.32 Å². The van der Waals surface area contributed by atoms with Crippen LogP contribution in [0.15, 0.2) is 0 Å². The van der Waals surface area contributed by atoms with Gasteiger partial charge >= 0.3 is 0 Å². The number of hydrogen-bond acceptors (Lipinski definition) is 2. The van der Waals surface area contributed by atoms with E-state index in [2.05, 4.69) is 30.2 Å². The highest BCUT2D eigenvalue weighted by molar-refractivity contribution is 5.27. The Labute approximate surface area is 98.2 Å². The maximum Gasteiger partial charge on any atom is 0.0729 e. The first kappa shape index (κ1) is 12.8. The predicted molar refractivity (Wildman–Crippen MR) is 67.3 cm³/mol. The first-order chi connectivity index (χ1) is 7.60. The molecule has 3 nitrogen and oxygen atoms in total. The molecule has 1 heterocycles. The quantitative estimate of drug-likeness (QED) is 0.762.